The molecule has 4 nitrogen and oxygen atoms in total. The van der Waals surface area contributed by atoms with E-state index in [4.69, 9.17) is 4.74 Å². The molecule has 3 aromatic carbocycles. The van der Waals surface area contributed by atoms with E-state index in [1.807, 2.05) is 0 Å². The van der Waals surface area contributed by atoms with Gasteiger partial charge >= 0.3 is 0 Å². The van der Waals surface area contributed by atoms with Gasteiger partial charge in [0, 0.05) is 5.56 Å². The molecule has 0 bridgehead atoms. The van der Waals surface area contributed by atoms with E-state index < -0.39 is 9.84 Å². The Bertz CT molecular complexity index is 1070. The first-order chi connectivity index (χ1) is 13.0. The van der Waals surface area contributed by atoms with E-state index in [2.05, 4.69) is 0 Å². The second-order valence-corrected chi connectivity index (χ2v) is 7.76. The summed E-state index contributed by atoms with van der Waals surface area (Å²) in [6.07, 6.45) is 2.31. The summed E-state index contributed by atoms with van der Waals surface area (Å²) in [5.41, 5.74) is 1.65. The third kappa shape index (κ3) is 4.15. The van der Waals surface area contributed by atoms with Crippen molar-refractivity contribution < 1.29 is 17.9 Å². The molecule has 0 fully saturated rings. The molecule has 0 heterocycles. The zero-order valence-electron chi connectivity index (χ0n) is 14.7. The van der Waals surface area contributed by atoms with Crippen molar-refractivity contribution in [1.82, 2.24) is 0 Å². The highest BCUT2D eigenvalue weighted by atomic mass is 32.2. The van der Waals surface area contributed by atoms with Crippen LogP contribution in [0, 0.1) is 0 Å². The minimum atomic E-state index is -3.76. The third-order valence-corrected chi connectivity index (χ3v) is 5.89. The average molecular weight is 378 g/mol. The molecule has 0 spiro atoms. The summed E-state index contributed by atoms with van der Waals surface area (Å²) in [5.74, 6) is 0.637. The van der Waals surface area contributed by atoms with Gasteiger partial charge in [0.25, 0.3) is 0 Å². The number of methoxy groups -OCH3 is 1. The Morgan fingerprint density at radius 1 is 0.852 bits per heavy atom. The van der Waals surface area contributed by atoms with Crippen LogP contribution in [0.3, 0.4) is 0 Å². The minimum Gasteiger partial charge on any atom is -0.497 e. The van der Waals surface area contributed by atoms with Crippen molar-refractivity contribution in [3.63, 3.8) is 0 Å². The van der Waals surface area contributed by atoms with Crippen LogP contribution in [0.15, 0.2) is 83.8 Å². The quantitative estimate of drug-likeness (QED) is 0.469. The fourth-order valence-electron chi connectivity index (χ4n) is 2.67. The summed E-state index contributed by atoms with van der Waals surface area (Å²) in [5, 5.41) is 0. The second-order valence-electron chi connectivity index (χ2n) is 5.84. The molecule has 3 rings (SSSR count). The number of carbonyl (C=O) groups is 1. The molecule has 27 heavy (non-hydrogen) atoms. The summed E-state index contributed by atoms with van der Waals surface area (Å²) in [6.45, 7) is 0. The van der Waals surface area contributed by atoms with E-state index in [0.29, 0.717) is 22.4 Å². The van der Waals surface area contributed by atoms with Crippen molar-refractivity contribution in [2.75, 3.05) is 7.11 Å². The number of ether oxygens (including phenoxy) is 1. The van der Waals surface area contributed by atoms with E-state index in [9.17, 15) is 13.2 Å². The topological polar surface area (TPSA) is 60.4 Å². The van der Waals surface area contributed by atoms with E-state index >= 15 is 0 Å². The molecule has 0 aliphatic carbocycles. The van der Waals surface area contributed by atoms with Crippen molar-refractivity contribution >= 4 is 27.1 Å². The maximum absolute atomic E-state index is 13.3. The third-order valence-electron chi connectivity index (χ3n) is 4.06. The number of rotatable bonds is 6. The lowest BCUT2D eigenvalue weighted by molar-refractivity contribution is 0.112. The highest BCUT2D eigenvalue weighted by molar-refractivity contribution is 8.00. The number of sulfone groups is 1. The van der Waals surface area contributed by atoms with E-state index in [-0.39, 0.29) is 9.80 Å². The molecule has 0 amide bonds. The number of aldehydes is 1. The molecule has 0 aliphatic rings. The first-order valence-electron chi connectivity index (χ1n) is 8.26. The van der Waals surface area contributed by atoms with Crippen molar-refractivity contribution in [3.8, 4) is 5.75 Å². The number of carbonyl (C=O) groups excluding carboxylic acids is 1. The molecule has 0 unspecified atom stereocenters. The van der Waals surface area contributed by atoms with Crippen LogP contribution in [0.1, 0.15) is 21.5 Å². The van der Waals surface area contributed by atoms with Gasteiger partial charge in [-0.25, -0.2) is 8.42 Å². The highest BCUT2D eigenvalue weighted by Crippen LogP contribution is 2.31. The number of hydrogen-bond acceptors (Lipinski definition) is 4. The van der Waals surface area contributed by atoms with Crippen LogP contribution in [-0.2, 0) is 9.84 Å². The summed E-state index contributed by atoms with van der Waals surface area (Å²) in [6, 6.07) is 21.9. The van der Waals surface area contributed by atoms with Crippen molar-refractivity contribution in [1.29, 1.82) is 0 Å². The Morgan fingerprint density at radius 2 is 1.52 bits per heavy atom. The van der Waals surface area contributed by atoms with Crippen molar-refractivity contribution in [2.24, 2.45) is 0 Å². The van der Waals surface area contributed by atoms with E-state index in [1.54, 1.807) is 92.0 Å². The average Bonchev–Trinajstić information content (AvgIpc) is 2.73. The zero-order chi connectivity index (χ0) is 19.3. The lowest BCUT2D eigenvalue weighted by Gasteiger charge is -2.11. The molecule has 0 saturated heterocycles. The molecule has 136 valence electrons. The van der Waals surface area contributed by atoms with Crippen molar-refractivity contribution in [2.45, 2.75) is 4.90 Å². The highest BCUT2D eigenvalue weighted by Gasteiger charge is 2.22. The van der Waals surface area contributed by atoms with Gasteiger partial charge in [0.1, 0.15) is 12.0 Å². The molecular formula is C22H18O4S. The first-order valence-corrected chi connectivity index (χ1v) is 9.74. The smallest absolute Gasteiger partial charge is 0.207 e. The van der Waals surface area contributed by atoms with Crippen molar-refractivity contribution in [3.05, 3.63) is 95.6 Å². The van der Waals surface area contributed by atoms with Crippen LogP contribution in [0.4, 0.5) is 0 Å². The molecule has 0 aliphatic heterocycles. The Kier molecular flexibility index (Phi) is 5.52. The van der Waals surface area contributed by atoms with Crippen LogP contribution < -0.4 is 4.74 Å². The van der Waals surface area contributed by atoms with Crippen LogP contribution in [-0.4, -0.2) is 21.8 Å². The van der Waals surface area contributed by atoms with E-state index in [0.717, 1.165) is 6.29 Å². The Balaban J connectivity index is 2.19. The molecule has 0 saturated carbocycles. The molecule has 3 aromatic rings. The standard InChI is InChI=1S/C22H18O4S/c1-26-20-12-10-19(11-13-20)22(15-17-6-5-7-18(14-17)16-23)27(24,25)21-8-3-2-4-9-21/h2-16H,1H3/b22-15+. The van der Waals surface area contributed by atoms with Gasteiger partial charge in [-0.1, -0.05) is 36.4 Å². The Labute approximate surface area is 158 Å². The van der Waals surface area contributed by atoms with Crippen LogP contribution >= 0.6 is 0 Å². The Hall–Kier alpha value is -3.18. The predicted octanol–water partition coefficient (Wildman–Crippen LogP) is 4.48. The van der Waals surface area contributed by atoms with Gasteiger partial charge in [0.05, 0.1) is 16.9 Å². The largest absolute Gasteiger partial charge is 0.497 e. The molecule has 0 aromatic heterocycles. The predicted molar refractivity (Wildman–Crippen MR) is 106 cm³/mol. The van der Waals surface area contributed by atoms with Gasteiger partial charge in [0.2, 0.25) is 9.84 Å². The van der Waals surface area contributed by atoms with Gasteiger partial charge in [-0.2, -0.15) is 0 Å². The molecule has 5 heteroatoms. The number of benzene rings is 3. The molecule has 0 radical (unpaired) electrons. The normalized spacial score (nSPS) is 11.8. The lowest BCUT2D eigenvalue weighted by atomic mass is 10.1. The maximum Gasteiger partial charge on any atom is 0.207 e. The SMILES string of the molecule is COc1ccc(/C(=C\c2cccc(C=O)c2)S(=O)(=O)c2ccccc2)cc1. The summed E-state index contributed by atoms with van der Waals surface area (Å²) in [7, 11) is -2.21. The summed E-state index contributed by atoms with van der Waals surface area (Å²) < 4.78 is 31.7. The maximum atomic E-state index is 13.3. The molecule has 0 N–H and O–H groups in total. The fraction of sp³-hybridized carbons (Fsp3) is 0.0455. The van der Waals surface area contributed by atoms with Crippen LogP contribution in [0.25, 0.3) is 11.0 Å². The van der Waals surface area contributed by atoms with Gasteiger partial charge in [-0.05, 0) is 59.7 Å². The van der Waals surface area contributed by atoms with Crippen LogP contribution in [0.5, 0.6) is 5.75 Å². The molecule has 0 atom stereocenters. The minimum absolute atomic E-state index is 0.152. The second kappa shape index (κ2) is 8.01. The summed E-state index contributed by atoms with van der Waals surface area (Å²) >= 11 is 0. The first kappa shape index (κ1) is 18.6. The van der Waals surface area contributed by atoms with E-state index in [1.165, 1.54) is 0 Å². The fourth-order valence-corrected chi connectivity index (χ4v) is 4.18. The van der Waals surface area contributed by atoms with Crippen LogP contribution in [0.2, 0.25) is 0 Å². The lowest BCUT2D eigenvalue weighted by Crippen LogP contribution is -2.04. The van der Waals surface area contributed by atoms with Gasteiger partial charge in [-0.15, -0.1) is 0 Å². The zero-order valence-corrected chi connectivity index (χ0v) is 15.5. The monoisotopic (exact) mass is 378 g/mol. The molecular weight excluding hydrogens is 360 g/mol. The summed E-state index contributed by atoms with van der Waals surface area (Å²) in [4.78, 5) is 11.4. The van der Waals surface area contributed by atoms with Gasteiger partial charge < -0.3 is 4.74 Å². The Morgan fingerprint density at radius 3 is 2.15 bits per heavy atom. The number of hydrogen-bond donors (Lipinski definition) is 0. The van der Waals surface area contributed by atoms with Gasteiger partial charge in [0.15, 0.2) is 0 Å². The van der Waals surface area contributed by atoms with Gasteiger partial charge in [-0.3, -0.25) is 4.79 Å².